The van der Waals surface area contributed by atoms with E-state index in [1.165, 1.54) is 5.56 Å². The number of hydrogen-bond acceptors (Lipinski definition) is 4. The van der Waals surface area contributed by atoms with Crippen molar-refractivity contribution < 1.29 is 19.1 Å². The molecule has 6 nitrogen and oxygen atoms in total. The monoisotopic (exact) mass is 462 g/mol. The van der Waals surface area contributed by atoms with Gasteiger partial charge in [-0.15, -0.1) is 0 Å². The van der Waals surface area contributed by atoms with Gasteiger partial charge in [0.1, 0.15) is 11.5 Å². The van der Waals surface area contributed by atoms with Gasteiger partial charge in [0.2, 0.25) is 0 Å². The molecule has 2 amide bonds. The van der Waals surface area contributed by atoms with Crippen LogP contribution in [0.25, 0.3) is 0 Å². The Labute approximate surface area is 180 Å². The Kier molecular flexibility index (Phi) is 8.99. The molecule has 7 heteroatoms. The van der Waals surface area contributed by atoms with Gasteiger partial charge in [0, 0.05) is 5.56 Å². The smallest absolute Gasteiger partial charge is 0.276 e. The number of carbonyl (C=O) groups is 2. The Bertz CT molecular complexity index is 824. The summed E-state index contributed by atoms with van der Waals surface area (Å²) in [6, 6.07) is 12.7. The number of ether oxygens (including phenoxy) is 2. The Morgan fingerprint density at radius 3 is 2.38 bits per heavy atom. The number of hydrogen-bond donors (Lipinski definition) is 2. The molecule has 0 saturated heterocycles. The van der Waals surface area contributed by atoms with Crippen molar-refractivity contribution in [2.75, 3.05) is 13.2 Å². The maximum atomic E-state index is 12.2. The molecule has 0 radical (unpaired) electrons. The molecule has 0 spiro atoms. The van der Waals surface area contributed by atoms with Crippen LogP contribution in [0.5, 0.6) is 11.5 Å². The topological polar surface area (TPSA) is 76.7 Å². The van der Waals surface area contributed by atoms with Crippen molar-refractivity contribution in [3.63, 3.8) is 0 Å². The summed E-state index contributed by atoms with van der Waals surface area (Å²) in [4.78, 5) is 24.1. The lowest BCUT2D eigenvalue weighted by molar-refractivity contribution is -0.123. The number of nitrogens with one attached hydrogen (secondary N) is 2. The molecule has 0 fully saturated rings. The number of rotatable bonds is 9. The van der Waals surface area contributed by atoms with E-state index >= 15 is 0 Å². The first-order valence-electron chi connectivity index (χ1n) is 9.68. The molecule has 29 heavy (non-hydrogen) atoms. The highest BCUT2D eigenvalue weighted by Gasteiger charge is 2.11. The van der Waals surface area contributed by atoms with E-state index in [0.29, 0.717) is 34.1 Å². The van der Waals surface area contributed by atoms with E-state index in [0.717, 1.165) is 12.8 Å². The fourth-order valence-electron chi connectivity index (χ4n) is 2.48. The van der Waals surface area contributed by atoms with Crippen molar-refractivity contribution in [1.82, 2.24) is 10.9 Å². The second-order valence-electron chi connectivity index (χ2n) is 6.66. The second-order valence-corrected chi connectivity index (χ2v) is 7.52. The van der Waals surface area contributed by atoms with E-state index < -0.39 is 11.8 Å². The molecule has 0 heterocycles. The van der Waals surface area contributed by atoms with Crippen LogP contribution < -0.4 is 20.3 Å². The molecule has 156 valence electrons. The van der Waals surface area contributed by atoms with E-state index in [1.54, 1.807) is 18.2 Å². The fourth-order valence-corrected chi connectivity index (χ4v) is 2.98. The number of hydrazine groups is 1. The summed E-state index contributed by atoms with van der Waals surface area (Å²) in [5.74, 6) is 0.866. The van der Waals surface area contributed by atoms with Crippen molar-refractivity contribution in [2.24, 2.45) is 0 Å². The lowest BCUT2D eigenvalue weighted by Gasteiger charge is -2.12. The molecule has 1 atom stereocenters. The summed E-state index contributed by atoms with van der Waals surface area (Å²) < 4.78 is 11.7. The van der Waals surface area contributed by atoms with Gasteiger partial charge in [-0.25, -0.2) is 0 Å². The zero-order chi connectivity index (χ0) is 21.2. The third-order valence-electron chi connectivity index (χ3n) is 4.40. The van der Waals surface area contributed by atoms with Crippen molar-refractivity contribution >= 4 is 27.7 Å². The maximum absolute atomic E-state index is 12.2. The largest absolute Gasteiger partial charge is 0.492 e. The Morgan fingerprint density at radius 2 is 1.76 bits per heavy atom. The Balaban J connectivity index is 1.79. The lowest BCUT2D eigenvalue weighted by atomic mass is 9.99. The van der Waals surface area contributed by atoms with Crippen LogP contribution in [-0.2, 0) is 4.79 Å². The summed E-state index contributed by atoms with van der Waals surface area (Å²) in [6.07, 6.45) is 1.96. The van der Waals surface area contributed by atoms with Crippen molar-refractivity contribution in [3.05, 3.63) is 58.1 Å². The zero-order valence-corrected chi connectivity index (χ0v) is 18.5. The molecule has 0 aliphatic rings. The summed E-state index contributed by atoms with van der Waals surface area (Å²) in [7, 11) is 0. The van der Waals surface area contributed by atoms with Gasteiger partial charge < -0.3 is 9.47 Å². The highest BCUT2D eigenvalue weighted by atomic mass is 79.9. The average Bonchev–Trinajstić information content (AvgIpc) is 2.74. The Morgan fingerprint density at radius 1 is 1.03 bits per heavy atom. The van der Waals surface area contributed by atoms with Crippen molar-refractivity contribution in [2.45, 2.75) is 39.5 Å². The fraction of sp³-hybridized carbons (Fsp3) is 0.364. The molecule has 0 saturated carbocycles. The van der Waals surface area contributed by atoms with Gasteiger partial charge in [0.25, 0.3) is 11.8 Å². The van der Waals surface area contributed by atoms with Crippen LogP contribution in [0.3, 0.4) is 0 Å². The van der Waals surface area contributed by atoms with Crippen LogP contribution >= 0.6 is 15.9 Å². The number of halogens is 1. The van der Waals surface area contributed by atoms with E-state index in [2.05, 4.69) is 40.6 Å². The molecule has 0 aliphatic carbocycles. The predicted octanol–water partition coefficient (Wildman–Crippen LogP) is 4.59. The third kappa shape index (κ3) is 7.09. The molecule has 2 rings (SSSR count). The van der Waals surface area contributed by atoms with Gasteiger partial charge in [0.05, 0.1) is 11.1 Å². The molecule has 2 N–H and O–H groups in total. The standard InChI is InChI=1S/C22H27BrN2O4/c1-4-12-28-20-11-8-17(13-19(20)23)22(27)25-24-21(26)14-29-18-9-6-16(7-10-18)15(3)5-2/h6-11,13,15H,4-5,12,14H2,1-3H3,(H,24,26)(H,25,27). The first kappa shape index (κ1) is 22.7. The van der Waals surface area contributed by atoms with Crippen LogP contribution in [0.2, 0.25) is 0 Å². The SMILES string of the molecule is CCCOc1ccc(C(=O)NNC(=O)COc2ccc(C(C)CC)cc2)cc1Br. The first-order chi connectivity index (χ1) is 13.9. The molecule has 2 aromatic rings. The minimum Gasteiger partial charge on any atom is -0.492 e. The van der Waals surface area contributed by atoms with Gasteiger partial charge in [-0.2, -0.15) is 0 Å². The molecule has 2 aromatic carbocycles. The quantitative estimate of drug-likeness (QED) is 0.534. The molecule has 0 bridgehead atoms. The molecular weight excluding hydrogens is 436 g/mol. The summed E-state index contributed by atoms with van der Waals surface area (Å²) in [5.41, 5.74) is 6.35. The second kappa shape index (κ2) is 11.5. The minimum absolute atomic E-state index is 0.198. The van der Waals surface area contributed by atoms with Crippen LogP contribution in [0.1, 0.15) is 55.5 Å². The third-order valence-corrected chi connectivity index (χ3v) is 5.02. The van der Waals surface area contributed by atoms with Gasteiger partial charge in [-0.05, 0) is 70.6 Å². The molecular formula is C22H27BrN2O4. The molecule has 1 unspecified atom stereocenters. The summed E-state index contributed by atoms with van der Waals surface area (Å²) >= 11 is 3.38. The first-order valence-corrected chi connectivity index (χ1v) is 10.5. The number of carbonyl (C=O) groups excluding carboxylic acids is 2. The highest BCUT2D eigenvalue weighted by Crippen LogP contribution is 2.26. The zero-order valence-electron chi connectivity index (χ0n) is 17.0. The van der Waals surface area contributed by atoms with Crippen LogP contribution in [0, 0.1) is 0 Å². The average molecular weight is 463 g/mol. The number of amides is 2. The summed E-state index contributed by atoms with van der Waals surface area (Å²) in [6.45, 7) is 6.72. The van der Waals surface area contributed by atoms with E-state index in [-0.39, 0.29) is 6.61 Å². The van der Waals surface area contributed by atoms with Gasteiger partial charge >= 0.3 is 0 Å². The van der Waals surface area contributed by atoms with Crippen molar-refractivity contribution in [1.29, 1.82) is 0 Å². The lowest BCUT2D eigenvalue weighted by Crippen LogP contribution is -2.43. The van der Waals surface area contributed by atoms with E-state index in [4.69, 9.17) is 9.47 Å². The van der Waals surface area contributed by atoms with Gasteiger partial charge in [0.15, 0.2) is 6.61 Å². The van der Waals surface area contributed by atoms with Crippen LogP contribution in [0.15, 0.2) is 46.9 Å². The number of benzene rings is 2. The predicted molar refractivity (Wildman–Crippen MR) is 116 cm³/mol. The highest BCUT2D eigenvalue weighted by molar-refractivity contribution is 9.10. The summed E-state index contributed by atoms with van der Waals surface area (Å²) in [5, 5.41) is 0. The maximum Gasteiger partial charge on any atom is 0.276 e. The van der Waals surface area contributed by atoms with Gasteiger partial charge in [-0.1, -0.05) is 32.9 Å². The van der Waals surface area contributed by atoms with Gasteiger partial charge in [-0.3, -0.25) is 20.4 Å². The minimum atomic E-state index is -0.452. The molecule has 0 aromatic heterocycles. The molecule has 0 aliphatic heterocycles. The van der Waals surface area contributed by atoms with Crippen LogP contribution in [-0.4, -0.2) is 25.0 Å². The van der Waals surface area contributed by atoms with Crippen molar-refractivity contribution in [3.8, 4) is 11.5 Å². The van der Waals surface area contributed by atoms with Crippen LogP contribution in [0.4, 0.5) is 0 Å². The van der Waals surface area contributed by atoms with E-state index in [9.17, 15) is 9.59 Å². The Hall–Kier alpha value is -2.54. The van der Waals surface area contributed by atoms with E-state index in [1.807, 2.05) is 31.2 Å². The normalized spacial score (nSPS) is 11.4.